The molecule has 0 bridgehead atoms. The maximum atomic E-state index is 3.57. The minimum atomic E-state index is 0.866. The van der Waals surface area contributed by atoms with E-state index < -0.39 is 0 Å². The van der Waals surface area contributed by atoms with Crippen LogP contribution < -0.4 is 0 Å². The standard InChI is InChI=1S/C12H23Br/c1-9(8-13)6-12-5-4-10(2)11(3)7-12/h9-12H,4-8H2,1-3H3. The quantitative estimate of drug-likeness (QED) is 0.645. The monoisotopic (exact) mass is 246 g/mol. The summed E-state index contributed by atoms with van der Waals surface area (Å²) in [4.78, 5) is 0. The Hall–Kier alpha value is 0.480. The van der Waals surface area contributed by atoms with Crippen molar-refractivity contribution in [1.29, 1.82) is 0 Å². The largest absolute Gasteiger partial charge is 0.0925 e. The van der Waals surface area contributed by atoms with E-state index in [1.54, 1.807) is 0 Å². The molecule has 0 nitrogen and oxygen atoms in total. The van der Waals surface area contributed by atoms with Gasteiger partial charge in [-0.15, -0.1) is 0 Å². The first-order valence-corrected chi connectivity index (χ1v) is 6.81. The Bertz CT molecular complexity index is 142. The zero-order valence-corrected chi connectivity index (χ0v) is 10.8. The van der Waals surface area contributed by atoms with Gasteiger partial charge < -0.3 is 0 Å². The van der Waals surface area contributed by atoms with Gasteiger partial charge in [-0.1, -0.05) is 49.5 Å². The molecule has 4 atom stereocenters. The van der Waals surface area contributed by atoms with Gasteiger partial charge in [-0.05, 0) is 36.5 Å². The number of rotatable bonds is 3. The Morgan fingerprint density at radius 3 is 2.46 bits per heavy atom. The maximum absolute atomic E-state index is 3.57. The summed E-state index contributed by atoms with van der Waals surface area (Å²) in [5, 5.41) is 1.17. The van der Waals surface area contributed by atoms with Crippen molar-refractivity contribution in [2.45, 2.75) is 46.5 Å². The summed E-state index contributed by atoms with van der Waals surface area (Å²) in [6, 6.07) is 0. The fourth-order valence-corrected chi connectivity index (χ4v) is 2.77. The summed E-state index contributed by atoms with van der Waals surface area (Å²) in [7, 11) is 0. The lowest BCUT2D eigenvalue weighted by atomic mass is 9.73. The Balaban J connectivity index is 2.29. The lowest BCUT2D eigenvalue weighted by Gasteiger charge is -2.33. The van der Waals surface area contributed by atoms with Crippen LogP contribution >= 0.6 is 15.9 Å². The first-order chi connectivity index (χ1) is 6.13. The maximum Gasteiger partial charge on any atom is 0.00571 e. The average molecular weight is 247 g/mol. The third-order valence-electron chi connectivity index (χ3n) is 3.71. The molecule has 1 saturated carbocycles. The molecule has 0 aromatic heterocycles. The van der Waals surface area contributed by atoms with E-state index in [1.165, 1.54) is 31.0 Å². The lowest BCUT2D eigenvalue weighted by molar-refractivity contribution is 0.189. The van der Waals surface area contributed by atoms with Crippen LogP contribution in [0.4, 0.5) is 0 Å². The van der Waals surface area contributed by atoms with Crippen LogP contribution in [0.1, 0.15) is 46.5 Å². The van der Waals surface area contributed by atoms with Crippen LogP contribution in [-0.4, -0.2) is 5.33 Å². The van der Waals surface area contributed by atoms with E-state index >= 15 is 0 Å². The summed E-state index contributed by atoms with van der Waals surface area (Å²) < 4.78 is 0. The lowest BCUT2D eigenvalue weighted by Crippen LogP contribution is -2.22. The van der Waals surface area contributed by atoms with Gasteiger partial charge in [-0.2, -0.15) is 0 Å². The van der Waals surface area contributed by atoms with Crippen molar-refractivity contribution in [2.24, 2.45) is 23.7 Å². The molecule has 0 aromatic rings. The van der Waals surface area contributed by atoms with E-state index in [2.05, 4.69) is 36.7 Å². The molecule has 13 heavy (non-hydrogen) atoms. The first kappa shape index (κ1) is 11.6. The molecule has 0 radical (unpaired) electrons. The molecule has 0 N–H and O–H groups in total. The number of alkyl halides is 1. The zero-order chi connectivity index (χ0) is 9.84. The van der Waals surface area contributed by atoms with Crippen LogP contribution in [0.15, 0.2) is 0 Å². The van der Waals surface area contributed by atoms with Gasteiger partial charge >= 0.3 is 0 Å². The van der Waals surface area contributed by atoms with Crippen molar-refractivity contribution in [1.82, 2.24) is 0 Å². The normalized spacial score (nSPS) is 37.4. The highest BCUT2D eigenvalue weighted by atomic mass is 79.9. The molecule has 0 aliphatic heterocycles. The highest BCUT2D eigenvalue weighted by Crippen LogP contribution is 2.36. The minimum absolute atomic E-state index is 0.866. The van der Waals surface area contributed by atoms with Crippen molar-refractivity contribution in [2.75, 3.05) is 5.33 Å². The summed E-state index contributed by atoms with van der Waals surface area (Å²) in [6.07, 6.45) is 5.84. The van der Waals surface area contributed by atoms with Crippen LogP contribution in [0.25, 0.3) is 0 Å². The summed E-state index contributed by atoms with van der Waals surface area (Å²) >= 11 is 3.57. The molecule has 1 heteroatoms. The SMILES string of the molecule is CC(CBr)CC1CCC(C)C(C)C1. The minimum Gasteiger partial charge on any atom is -0.0925 e. The molecule has 4 unspecified atom stereocenters. The van der Waals surface area contributed by atoms with Crippen LogP contribution in [0, 0.1) is 23.7 Å². The molecule has 1 aliphatic rings. The van der Waals surface area contributed by atoms with E-state index in [0.717, 1.165) is 23.7 Å². The van der Waals surface area contributed by atoms with Crippen molar-refractivity contribution < 1.29 is 0 Å². The van der Waals surface area contributed by atoms with E-state index in [4.69, 9.17) is 0 Å². The number of halogens is 1. The van der Waals surface area contributed by atoms with Crippen molar-refractivity contribution in [3.63, 3.8) is 0 Å². The second kappa shape index (κ2) is 5.38. The van der Waals surface area contributed by atoms with Gasteiger partial charge in [0.05, 0.1) is 0 Å². The molecular weight excluding hydrogens is 224 g/mol. The highest BCUT2D eigenvalue weighted by molar-refractivity contribution is 9.09. The smallest absolute Gasteiger partial charge is 0.00571 e. The predicted molar refractivity (Wildman–Crippen MR) is 63.2 cm³/mol. The van der Waals surface area contributed by atoms with Crippen LogP contribution in [0.3, 0.4) is 0 Å². The Morgan fingerprint density at radius 2 is 1.92 bits per heavy atom. The van der Waals surface area contributed by atoms with Gasteiger partial charge in [0.1, 0.15) is 0 Å². The summed E-state index contributed by atoms with van der Waals surface area (Å²) in [6.45, 7) is 7.20. The van der Waals surface area contributed by atoms with Gasteiger partial charge in [-0.25, -0.2) is 0 Å². The molecule has 1 aliphatic carbocycles. The van der Waals surface area contributed by atoms with Crippen LogP contribution in [0.5, 0.6) is 0 Å². The Labute approximate surface area is 91.6 Å². The van der Waals surface area contributed by atoms with E-state index in [9.17, 15) is 0 Å². The molecule has 1 fully saturated rings. The van der Waals surface area contributed by atoms with E-state index in [0.29, 0.717) is 0 Å². The molecule has 0 aromatic carbocycles. The topological polar surface area (TPSA) is 0 Å². The second-order valence-corrected chi connectivity index (χ2v) is 5.78. The molecule has 0 spiro atoms. The molecule has 0 saturated heterocycles. The molecule has 0 amide bonds. The molecule has 78 valence electrons. The second-order valence-electron chi connectivity index (χ2n) is 5.13. The summed E-state index contributed by atoms with van der Waals surface area (Å²) in [5.74, 6) is 3.81. The van der Waals surface area contributed by atoms with Gasteiger partial charge in [0.25, 0.3) is 0 Å². The van der Waals surface area contributed by atoms with Crippen LogP contribution in [-0.2, 0) is 0 Å². The van der Waals surface area contributed by atoms with Gasteiger partial charge in [0.2, 0.25) is 0 Å². The van der Waals surface area contributed by atoms with E-state index in [-0.39, 0.29) is 0 Å². The van der Waals surface area contributed by atoms with Gasteiger partial charge in [-0.3, -0.25) is 0 Å². The Morgan fingerprint density at radius 1 is 1.23 bits per heavy atom. The third kappa shape index (κ3) is 3.61. The van der Waals surface area contributed by atoms with Crippen LogP contribution in [0.2, 0.25) is 0 Å². The molecule has 1 rings (SSSR count). The zero-order valence-electron chi connectivity index (χ0n) is 9.22. The van der Waals surface area contributed by atoms with Crippen molar-refractivity contribution in [3.05, 3.63) is 0 Å². The average Bonchev–Trinajstić information content (AvgIpc) is 2.11. The summed E-state index contributed by atoms with van der Waals surface area (Å²) in [5.41, 5.74) is 0. The van der Waals surface area contributed by atoms with Crippen molar-refractivity contribution >= 4 is 15.9 Å². The number of hydrogen-bond donors (Lipinski definition) is 0. The van der Waals surface area contributed by atoms with Crippen molar-refractivity contribution in [3.8, 4) is 0 Å². The first-order valence-electron chi connectivity index (χ1n) is 5.69. The fourth-order valence-electron chi connectivity index (χ4n) is 2.51. The van der Waals surface area contributed by atoms with E-state index in [1.807, 2.05) is 0 Å². The van der Waals surface area contributed by atoms with Gasteiger partial charge in [0.15, 0.2) is 0 Å². The molecular formula is C12H23Br. The third-order valence-corrected chi connectivity index (χ3v) is 4.81. The fraction of sp³-hybridized carbons (Fsp3) is 1.00. The predicted octanol–water partition coefficient (Wildman–Crippen LogP) is 4.48. The highest BCUT2D eigenvalue weighted by Gasteiger charge is 2.25. The Kier molecular flexibility index (Phi) is 4.78. The van der Waals surface area contributed by atoms with Gasteiger partial charge in [0, 0.05) is 5.33 Å². The number of hydrogen-bond acceptors (Lipinski definition) is 0. The molecule has 0 heterocycles.